The van der Waals surface area contributed by atoms with Crippen LogP contribution in [0.25, 0.3) is 11.3 Å². The first-order valence-corrected chi connectivity index (χ1v) is 10.5. The largest absolute Gasteiger partial charge is 0.419 e. The molecule has 2 aromatic rings. The molecule has 1 aliphatic carbocycles. The van der Waals surface area contributed by atoms with Gasteiger partial charge in [0, 0.05) is 62.6 Å². The molecule has 2 aliphatic heterocycles. The minimum atomic E-state index is -4.57. The number of hydrogen-bond donors (Lipinski definition) is 1. The lowest BCUT2D eigenvalue weighted by atomic mass is 10.1. The summed E-state index contributed by atoms with van der Waals surface area (Å²) in [5.74, 6) is 1.24. The first-order valence-electron chi connectivity index (χ1n) is 10.5. The van der Waals surface area contributed by atoms with Crippen LogP contribution in [0.3, 0.4) is 0 Å². The maximum atomic E-state index is 13.3. The minimum absolute atomic E-state index is 0.278. The molecule has 0 amide bonds. The van der Waals surface area contributed by atoms with Crippen molar-refractivity contribution < 1.29 is 17.9 Å². The SMILES string of the molecule is COCCN1CC2CC1CN2c1cc(-c2cnc(N)c(C(F)(F)F)c2)nc(C2CC2)n1. The van der Waals surface area contributed by atoms with E-state index in [2.05, 4.69) is 19.8 Å². The molecule has 3 aliphatic rings. The Morgan fingerprint density at radius 1 is 1.16 bits per heavy atom. The molecule has 2 unspecified atom stereocenters. The van der Waals surface area contributed by atoms with Crippen molar-refractivity contribution in [2.45, 2.75) is 43.4 Å². The normalized spacial score (nSPS) is 23.7. The van der Waals surface area contributed by atoms with Gasteiger partial charge in [0.05, 0.1) is 17.9 Å². The van der Waals surface area contributed by atoms with Gasteiger partial charge in [-0.3, -0.25) is 4.90 Å². The number of anilines is 2. The molecule has 2 saturated heterocycles. The quantitative estimate of drug-likeness (QED) is 0.749. The summed E-state index contributed by atoms with van der Waals surface area (Å²) in [5, 5.41) is 0. The molecule has 166 valence electrons. The van der Waals surface area contributed by atoms with E-state index >= 15 is 0 Å². The number of fused-ring (bicyclic) bond motifs is 2. The standard InChI is InChI=1S/C21H25F3N6O/c1-31-5-4-29-10-15-7-14(29)11-30(15)18-8-17(27-20(28-18)12-2-3-12)13-6-16(21(22,23)24)19(25)26-9-13/h6,8-9,12,14-15H,2-5,7,10-11H2,1H3,(H2,25,26). The summed E-state index contributed by atoms with van der Waals surface area (Å²) in [7, 11) is 1.71. The Hall–Kier alpha value is -2.46. The van der Waals surface area contributed by atoms with Crippen molar-refractivity contribution in [3.63, 3.8) is 0 Å². The van der Waals surface area contributed by atoms with Crippen molar-refractivity contribution in [3.8, 4) is 11.3 Å². The second-order valence-corrected chi connectivity index (χ2v) is 8.58. The van der Waals surface area contributed by atoms with Crippen molar-refractivity contribution in [2.24, 2.45) is 0 Å². The number of pyridine rings is 1. The third-order valence-electron chi connectivity index (χ3n) is 6.42. The highest BCUT2D eigenvalue weighted by atomic mass is 19.4. The molecule has 4 heterocycles. The third kappa shape index (κ3) is 3.94. The Labute approximate surface area is 178 Å². The number of nitrogen functional groups attached to an aromatic ring is 1. The van der Waals surface area contributed by atoms with E-state index in [0.29, 0.717) is 35.8 Å². The fourth-order valence-electron chi connectivity index (χ4n) is 4.63. The molecule has 2 N–H and O–H groups in total. The van der Waals surface area contributed by atoms with Gasteiger partial charge in [0.25, 0.3) is 0 Å². The fourth-order valence-corrected chi connectivity index (χ4v) is 4.63. The van der Waals surface area contributed by atoms with Crippen molar-refractivity contribution in [1.29, 1.82) is 0 Å². The van der Waals surface area contributed by atoms with Crippen molar-refractivity contribution >= 4 is 11.6 Å². The molecular formula is C21H25F3N6O. The Kier molecular flexibility index (Phi) is 5.01. The van der Waals surface area contributed by atoms with Gasteiger partial charge < -0.3 is 15.4 Å². The number of ether oxygens (including phenoxy) is 1. The van der Waals surface area contributed by atoms with Crippen LogP contribution < -0.4 is 10.6 Å². The Balaban J connectivity index is 1.46. The molecule has 31 heavy (non-hydrogen) atoms. The van der Waals surface area contributed by atoms with Crippen LogP contribution in [0.15, 0.2) is 18.3 Å². The molecule has 1 saturated carbocycles. The van der Waals surface area contributed by atoms with Crippen LogP contribution >= 0.6 is 0 Å². The van der Waals surface area contributed by atoms with Gasteiger partial charge in [-0.2, -0.15) is 13.2 Å². The van der Waals surface area contributed by atoms with Gasteiger partial charge in [-0.25, -0.2) is 15.0 Å². The van der Waals surface area contributed by atoms with Gasteiger partial charge in [-0.1, -0.05) is 0 Å². The van der Waals surface area contributed by atoms with E-state index in [-0.39, 0.29) is 5.92 Å². The molecule has 2 bridgehead atoms. The van der Waals surface area contributed by atoms with E-state index in [1.54, 1.807) is 13.2 Å². The van der Waals surface area contributed by atoms with Gasteiger partial charge in [0.2, 0.25) is 0 Å². The van der Waals surface area contributed by atoms with E-state index in [9.17, 15) is 13.2 Å². The van der Waals surface area contributed by atoms with Gasteiger partial charge >= 0.3 is 6.18 Å². The average molecular weight is 434 g/mol. The lowest BCUT2D eigenvalue weighted by Crippen LogP contribution is -2.47. The zero-order valence-electron chi connectivity index (χ0n) is 17.3. The molecule has 3 fully saturated rings. The lowest BCUT2D eigenvalue weighted by molar-refractivity contribution is -0.137. The third-order valence-corrected chi connectivity index (χ3v) is 6.42. The maximum Gasteiger partial charge on any atom is 0.419 e. The summed E-state index contributed by atoms with van der Waals surface area (Å²) in [4.78, 5) is 17.9. The van der Waals surface area contributed by atoms with Gasteiger partial charge in [0.1, 0.15) is 17.5 Å². The Morgan fingerprint density at radius 3 is 2.61 bits per heavy atom. The highest BCUT2D eigenvalue weighted by molar-refractivity contribution is 5.66. The molecule has 0 radical (unpaired) electrons. The minimum Gasteiger partial charge on any atom is -0.383 e. The van der Waals surface area contributed by atoms with Crippen LogP contribution in [0, 0.1) is 0 Å². The highest BCUT2D eigenvalue weighted by Gasteiger charge is 2.44. The second kappa shape index (κ2) is 7.59. The first kappa shape index (κ1) is 20.4. The van der Waals surface area contributed by atoms with E-state index in [1.165, 1.54) is 6.20 Å². The summed E-state index contributed by atoms with van der Waals surface area (Å²) in [6.45, 7) is 3.40. The Morgan fingerprint density at radius 2 is 1.97 bits per heavy atom. The van der Waals surface area contributed by atoms with E-state index < -0.39 is 17.6 Å². The zero-order chi connectivity index (χ0) is 21.8. The van der Waals surface area contributed by atoms with Crippen LogP contribution in [-0.2, 0) is 10.9 Å². The van der Waals surface area contributed by atoms with Crippen molar-refractivity contribution in [1.82, 2.24) is 19.9 Å². The summed E-state index contributed by atoms with van der Waals surface area (Å²) in [6.07, 6.45) is -0.136. The van der Waals surface area contributed by atoms with E-state index in [1.807, 2.05) is 0 Å². The first-order chi connectivity index (χ1) is 14.8. The van der Waals surface area contributed by atoms with E-state index in [0.717, 1.165) is 50.8 Å². The number of alkyl halides is 3. The Bertz CT molecular complexity index is 980. The smallest absolute Gasteiger partial charge is 0.383 e. The molecule has 5 rings (SSSR count). The summed E-state index contributed by atoms with van der Waals surface area (Å²) in [5.41, 5.74) is 5.30. The molecule has 2 aromatic heterocycles. The molecule has 0 spiro atoms. The number of methoxy groups -OCH3 is 1. The molecule has 0 aromatic carbocycles. The van der Waals surface area contributed by atoms with Crippen molar-refractivity contribution in [3.05, 3.63) is 29.7 Å². The van der Waals surface area contributed by atoms with Crippen molar-refractivity contribution in [2.75, 3.05) is 44.0 Å². The summed E-state index contributed by atoms with van der Waals surface area (Å²) >= 11 is 0. The van der Waals surface area contributed by atoms with Crippen LogP contribution in [0.5, 0.6) is 0 Å². The maximum absolute atomic E-state index is 13.3. The van der Waals surface area contributed by atoms with Gasteiger partial charge in [0.15, 0.2) is 0 Å². The predicted octanol–water partition coefficient (Wildman–Crippen LogP) is 2.93. The van der Waals surface area contributed by atoms with Crippen LogP contribution in [-0.4, -0.2) is 65.3 Å². The molecular weight excluding hydrogens is 409 g/mol. The lowest BCUT2D eigenvalue weighted by Gasteiger charge is -2.35. The average Bonchev–Trinajstić information content (AvgIpc) is 3.41. The number of nitrogens with zero attached hydrogens (tertiary/aromatic N) is 5. The number of piperazine rings is 1. The number of rotatable bonds is 6. The number of halogens is 3. The highest BCUT2D eigenvalue weighted by Crippen LogP contribution is 2.42. The van der Waals surface area contributed by atoms with Crippen LogP contribution in [0.1, 0.15) is 36.6 Å². The number of aromatic nitrogens is 3. The fraction of sp³-hybridized carbons (Fsp3) is 0.571. The number of hydrogen-bond acceptors (Lipinski definition) is 7. The van der Waals surface area contributed by atoms with Gasteiger partial charge in [-0.05, 0) is 25.3 Å². The van der Waals surface area contributed by atoms with E-state index in [4.69, 9.17) is 15.5 Å². The number of nitrogens with two attached hydrogens (primary N) is 1. The topological polar surface area (TPSA) is 80.4 Å². The zero-order valence-corrected chi connectivity index (χ0v) is 17.3. The molecule has 10 heteroatoms. The molecule has 2 atom stereocenters. The second-order valence-electron chi connectivity index (χ2n) is 8.58. The van der Waals surface area contributed by atoms with Crippen LogP contribution in [0.4, 0.5) is 24.8 Å². The van der Waals surface area contributed by atoms with Crippen LogP contribution in [0.2, 0.25) is 0 Å². The monoisotopic (exact) mass is 434 g/mol. The summed E-state index contributed by atoms with van der Waals surface area (Å²) in [6, 6.07) is 3.61. The summed E-state index contributed by atoms with van der Waals surface area (Å²) < 4.78 is 45.2. The number of likely N-dealkylation sites (tertiary alicyclic amines) is 1. The predicted molar refractivity (Wildman–Crippen MR) is 110 cm³/mol. The van der Waals surface area contributed by atoms with Gasteiger partial charge in [-0.15, -0.1) is 0 Å². The molecule has 7 nitrogen and oxygen atoms in total.